The Morgan fingerprint density at radius 3 is 1.19 bits per heavy atom. The molecule has 0 aromatic carbocycles. The SMILES string of the molecule is CCCCCCCCCCCCS(=O)(=O)O.O=S(=O)(O)O. The maximum atomic E-state index is 10.4. The maximum absolute atomic E-state index is 10.4. The summed E-state index contributed by atoms with van der Waals surface area (Å²) < 4.78 is 60.9. The van der Waals surface area contributed by atoms with Crippen molar-refractivity contribution in [1.29, 1.82) is 0 Å². The van der Waals surface area contributed by atoms with Crippen LogP contribution in [0.3, 0.4) is 0 Å². The van der Waals surface area contributed by atoms with E-state index >= 15 is 0 Å². The quantitative estimate of drug-likeness (QED) is 0.386. The molecule has 0 aromatic heterocycles. The van der Waals surface area contributed by atoms with Crippen LogP contribution in [0.15, 0.2) is 0 Å². The average molecular weight is 348 g/mol. The summed E-state index contributed by atoms with van der Waals surface area (Å²) in [5, 5.41) is 0. The molecule has 0 saturated heterocycles. The highest BCUT2D eigenvalue weighted by molar-refractivity contribution is 7.85. The van der Waals surface area contributed by atoms with Crippen molar-refractivity contribution in [2.45, 2.75) is 71.1 Å². The van der Waals surface area contributed by atoms with Crippen LogP contribution < -0.4 is 0 Å². The Hall–Kier alpha value is -0.220. The van der Waals surface area contributed by atoms with E-state index in [9.17, 15) is 8.42 Å². The molecule has 0 aromatic rings. The van der Waals surface area contributed by atoms with E-state index in [2.05, 4.69) is 6.92 Å². The zero-order valence-electron chi connectivity index (χ0n) is 12.6. The molecule has 21 heavy (non-hydrogen) atoms. The van der Waals surface area contributed by atoms with E-state index in [1.165, 1.54) is 44.9 Å². The molecular formula is C12H28O7S2. The molecule has 0 heterocycles. The van der Waals surface area contributed by atoms with Gasteiger partial charge in [-0.2, -0.15) is 16.8 Å². The minimum absolute atomic E-state index is 0.0799. The number of hydrogen-bond donors (Lipinski definition) is 3. The predicted octanol–water partition coefficient (Wildman–Crippen LogP) is 3.14. The Morgan fingerprint density at radius 2 is 0.905 bits per heavy atom. The van der Waals surface area contributed by atoms with Crippen molar-refractivity contribution in [1.82, 2.24) is 0 Å². The predicted molar refractivity (Wildman–Crippen MR) is 82.4 cm³/mol. The molecule has 0 spiro atoms. The molecular weight excluding hydrogens is 320 g/mol. The lowest BCUT2D eigenvalue weighted by molar-refractivity contribution is 0.381. The molecule has 0 unspecified atom stereocenters. The van der Waals surface area contributed by atoms with Gasteiger partial charge < -0.3 is 0 Å². The second-order valence-corrected chi connectivity index (χ2v) is 7.38. The lowest BCUT2D eigenvalue weighted by atomic mass is 10.1. The molecule has 9 heteroatoms. The van der Waals surface area contributed by atoms with Gasteiger partial charge >= 0.3 is 10.4 Å². The van der Waals surface area contributed by atoms with Gasteiger partial charge in [-0.3, -0.25) is 13.7 Å². The standard InChI is InChI=1S/C12H26O3S.H2O4S/c1-2-3-4-5-6-7-8-9-10-11-12-16(13,14)15;1-5(2,3)4/h2-12H2,1H3,(H,13,14,15);(H2,1,2,3,4). The molecule has 0 aliphatic rings. The van der Waals surface area contributed by atoms with Crippen LogP contribution in [0, 0.1) is 0 Å². The van der Waals surface area contributed by atoms with Gasteiger partial charge in [0.2, 0.25) is 0 Å². The molecule has 0 fully saturated rings. The Labute approximate surface area is 128 Å². The zero-order valence-corrected chi connectivity index (χ0v) is 14.2. The summed E-state index contributed by atoms with van der Waals surface area (Å²) in [6.07, 6.45) is 11.7. The van der Waals surface area contributed by atoms with Crippen molar-refractivity contribution in [3.63, 3.8) is 0 Å². The Bertz CT molecular complexity index is 407. The summed E-state index contributed by atoms with van der Waals surface area (Å²) in [7, 11) is -8.40. The summed E-state index contributed by atoms with van der Waals surface area (Å²) in [5.41, 5.74) is 0. The van der Waals surface area contributed by atoms with E-state index in [-0.39, 0.29) is 5.75 Å². The Morgan fingerprint density at radius 1 is 0.619 bits per heavy atom. The Balaban J connectivity index is 0. The second kappa shape index (κ2) is 13.4. The van der Waals surface area contributed by atoms with Crippen LogP contribution in [-0.4, -0.2) is 36.2 Å². The highest BCUT2D eigenvalue weighted by atomic mass is 32.3. The van der Waals surface area contributed by atoms with Crippen LogP contribution in [0.5, 0.6) is 0 Å². The molecule has 0 bridgehead atoms. The molecule has 0 aliphatic carbocycles. The van der Waals surface area contributed by atoms with Gasteiger partial charge in [0, 0.05) is 0 Å². The summed E-state index contributed by atoms with van der Waals surface area (Å²) in [5.74, 6) is -0.0799. The first-order chi connectivity index (χ1) is 9.56. The molecule has 0 saturated carbocycles. The van der Waals surface area contributed by atoms with Crippen molar-refractivity contribution in [3.8, 4) is 0 Å². The third-order valence-corrected chi connectivity index (χ3v) is 3.56. The number of unbranched alkanes of at least 4 members (excludes halogenated alkanes) is 9. The van der Waals surface area contributed by atoms with Crippen LogP contribution in [0.1, 0.15) is 71.1 Å². The molecule has 0 atom stereocenters. The molecule has 0 rings (SSSR count). The first-order valence-electron chi connectivity index (χ1n) is 7.21. The van der Waals surface area contributed by atoms with Crippen molar-refractivity contribution < 1.29 is 30.5 Å². The van der Waals surface area contributed by atoms with Gasteiger partial charge in [0.25, 0.3) is 10.1 Å². The van der Waals surface area contributed by atoms with E-state index < -0.39 is 20.5 Å². The van der Waals surface area contributed by atoms with Gasteiger partial charge in [-0.1, -0.05) is 64.7 Å². The second-order valence-electron chi connectivity index (χ2n) is 4.92. The minimum atomic E-state index is -4.67. The summed E-state index contributed by atoms with van der Waals surface area (Å²) in [6.45, 7) is 2.22. The molecule has 0 radical (unpaired) electrons. The van der Waals surface area contributed by atoms with E-state index in [0.29, 0.717) is 6.42 Å². The minimum Gasteiger partial charge on any atom is -0.286 e. The van der Waals surface area contributed by atoms with Gasteiger partial charge in [-0.25, -0.2) is 0 Å². The van der Waals surface area contributed by atoms with E-state index in [1.54, 1.807) is 0 Å². The van der Waals surface area contributed by atoms with E-state index in [1.807, 2.05) is 0 Å². The van der Waals surface area contributed by atoms with Crippen molar-refractivity contribution in [3.05, 3.63) is 0 Å². The molecule has 7 nitrogen and oxygen atoms in total. The van der Waals surface area contributed by atoms with Gasteiger partial charge in [0.1, 0.15) is 0 Å². The summed E-state index contributed by atoms with van der Waals surface area (Å²) in [6, 6.07) is 0. The smallest absolute Gasteiger partial charge is 0.286 e. The fourth-order valence-corrected chi connectivity index (χ4v) is 2.34. The molecule has 0 aliphatic heterocycles. The fourth-order valence-electron chi connectivity index (χ4n) is 1.77. The zero-order chi connectivity index (χ0) is 16.8. The van der Waals surface area contributed by atoms with Gasteiger partial charge in [-0.05, 0) is 6.42 Å². The monoisotopic (exact) mass is 348 g/mol. The largest absolute Gasteiger partial charge is 0.394 e. The Kier molecular flexibility index (Phi) is 14.8. The third kappa shape index (κ3) is 38.3. The summed E-state index contributed by atoms with van der Waals surface area (Å²) >= 11 is 0. The lowest BCUT2D eigenvalue weighted by Crippen LogP contribution is -2.03. The molecule has 130 valence electrons. The van der Waals surface area contributed by atoms with Crippen LogP contribution >= 0.6 is 0 Å². The highest BCUT2D eigenvalue weighted by Crippen LogP contribution is 2.10. The third-order valence-electron chi connectivity index (χ3n) is 2.76. The van der Waals surface area contributed by atoms with Gasteiger partial charge in [0.15, 0.2) is 0 Å². The van der Waals surface area contributed by atoms with Crippen molar-refractivity contribution in [2.24, 2.45) is 0 Å². The highest BCUT2D eigenvalue weighted by Gasteiger charge is 2.02. The van der Waals surface area contributed by atoms with Crippen LogP contribution in [-0.2, 0) is 20.5 Å². The number of rotatable bonds is 11. The van der Waals surface area contributed by atoms with Crippen LogP contribution in [0.25, 0.3) is 0 Å². The first kappa shape index (κ1) is 23.1. The van der Waals surface area contributed by atoms with Crippen molar-refractivity contribution >= 4 is 20.5 Å². The van der Waals surface area contributed by atoms with E-state index in [4.69, 9.17) is 22.1 Å². The lowest BCUT2D eigenvalue weighted by Gasteiger charge is -2.01. The van der Waals surface area contributed by atoms with Crippen LogP contribution in [0.4, 0.5) is 0 Å². The molecule has 3 N–H and O–H groups in total. The van der Waals surface area contributed by atoms with Crippen LogP contribution in [0.2, 0.25) is 0 Å². The first-order valence-corrected chi connectivity index (χ1v) is 10.2. The fraction of sp³-hybridized carbons (Fsp3) is 1.00. The molecule has 0 amide bonds. The normalized spacial score (nSPS) is 11.8. The summed E-state index contributed by atoms with van der Waals surface area (Å²) in [4.78, 5) is 0. The van der Waals surface area contributed by atoms with Gasteiger partial charge in [-0.15, -0.1) is 0 Å². The van der Waals surface area contributed by atoms with Gasteiger partial charge in [0.05, 0.1) is 5.75 Å². The number of hydrogen-bond acceptors (Lipinski definition) is 4. The van der Waals surface area contributed by atoms with E-state index in [0.717, 1.165) is 12.8 Å². The maximum Gasteiger partial charge on any atom is 0.394 e. The topological polar surface area (TPSA) is 129 Å². The average Bonchev–Trinajstić information content (AvgIpc) is 2.28. The van der Waals surface area contributed by atoms with Crippen molar-refractivity contribution in [2.75, 3.05) is 5.75 Å².